The number of aryl methyl sites for hydroxylation is 1. The maximum absolute atomic E-state index is 12.8. The Balaban J connectivity index is 1.35. The van der Waals surface area contributed by atoms with Gasteiger partial charge < -0.3 is 5.32 Å². The molecule has 4 heteroatoms. The van der Waals surface area contributed by atoms with Crippen molar-refractivity contribution in [2.24, 2.45) is 23.2 Å². The minimum Gasteiger partial charge on any atom is -0.350 e. The van der Waals surface area contributed by atoms with E-state index in [4.69, 9.17) is 0 Å². The number of aromatic nitrogens is 2. The van der Waals surface area contributed by atoms with Gasteiger partial charge in [0.15, 0.2) is 0 Å². The highest BCUT2D eigenvalue weighted by molar-refractivity contribution is 5.93. The van der Waals surface area contributed by atoms with E-state index in [-0.39, 0.29) is 5.91 Å². The van der Waals surface area contributed by atoms with Gasteiger partial charge >= 0.3 is 0 Å². The lowest BCUT2D eigenvalue weighted by atomic mass is 9.49. The van der Waals surface area contributed by atoms with E-state index < -0.39 is 0 Å². The highest BCUT2D eigenvalue weighted by Gasteiger charge is 2.50. The van der Waals surface area contributed by atoms with E-state index in [2.05, 4.69) is 10.3 Å². The molecule has 4 aliphatic carbocycles. The minimum atomic E-state index is 0.0359. The molecule has 0 radical (unpaired) electrons. The van der Waals surface area contributed by atoms with Crippen LogP contribution in [-0.4, -0.2) is 21.8 Å². The molecule has 2 aromatic heterocycles. The van der Waals surface area contributed by atoms with Crippen LogP contribution in [0, 0.1) is 30.1 Å². The second-order valence-corrected chi connectivity index (χ2v) is 8.62. The van der Waals surface area contributed by atoms with E-state index in [0.29, 0.717) is 11.1 Å². The molecule has 0 atom stereocenters. The molecule has 1 N–H and O–H groups in total. The van der Waals surface area contributed by atoms with E-state index in [1.807, 2.05) is 35.7 Å². The summed E-state index contributed by atoms with van der Waals surface area (Å²) in [6.07, 6.45) is 10.3. The maximum atomic E-state index is 12.8. The number of carbonyl (C=O) groups is 1. The number of amides is 1. The summed E-state index contributed by atoms with van der Waals surface area (Å²) < 4.78 is 1.91. The van der Waals surface area contributed by atoms with Gasteiger partial charge in [-0.3, -0.25) is 9.20 Å². The van der Waals surface area contributed by atoms with Crippen molar-refractivity contribution in [2.75, 3.05) is 6.54 Å². The van der Waals surface area contributed by atoms with Crippen molar-refractivity contribution < 1.29 is 4.79 Å². The monoisotopic (exact) mass is 323 g/mol. The number of imidazole rings is 1. The molecule has 0 aromatic carbocycles. The topological polar surface area (TPSA) is 46.4 Å². The summed E-state index contributed by atoms with van der Waals surface area (Å²) in [6.45, 7) is 2.81. The number of hydrogen-bond acceptors (Lipinski definition) is 2. The van der Waals surface area contributed by atoms with Crippen LogP contribution in [0.3, 0.4) is 0 Å². The Morgan fingerprint density at radius 3 is 2.54 bits per heavy atom. The quantitative estimate of drug-likeness (QED) is 0.938. The molecular formula is C20H25N3O. The molecular weight excluding hydrogens is 298 g/mol. The fourth-order valence-electron chi connectivity index (χ4n) is 6.18. The number of pyridine rings is 1. The predicted octanol–water partition coefficient (Wildman–Crippen LogP) is 3.59. The molecule has 0 aliphatic heterocycles. The van der Waals surface area contributed by atoms with Crippen LogP contribution in [0.5, 0.6) is 0 Å². The van der Waals surface area contributed by atoms with E-state index in [1.54, 1.807) is 0 Å². The highest BCUT2D eigenvalue weighted by Crippen LogP contribution is 2.59. The highest BCUT2D eigenvalue weighted by atomic mass is 16.1. The third-order valence-electron chi connectivity index (χ3n) is 6.63. The maximum Gasteiger partial charge on any atom is 0.268 e. The third kappa shape index (κ3) is 2.27. The van der Waals surface area contributed by atoms with E-state index in [9.17, 15) is 4.79 Å². The summed E-state index contributed by atoms with van der Waals surface area (Å²) in [5.74, 6) is 2.81. The van der Waals surface area contributed by atoms with Crippen LogP contribution in [0.1, 0.15) is 54.7 Å². The van der Waals surface area contributed by atoms with Gasteiger partial charge in [0.1, 0.15) is 11.3 Å². The lowest BCUT2D eigenvalue weighted by Gasteiger charge is -2.56. The van der Waals surface area contributed by atoms with Crippen molar-refractivity contribution in [2.45, 2.75) is 45.4 Å². The molecule has 4 bridgehead atoms. The second kappa shape index (κ2) is 5.08. The third-order valence-corrected chi connectivity index (χ3v) is 6.63. The Bertz CT molecular complexity index is 771. The van der Waals surface area contributed by atoms with E-state index in [1.165, 1.54) is 38.5 Å². The predicted molar refractivity (Wildman–Crippen MR) is 92.9 cm³/mol. The molecule has 1 amide bonds. The van der Waals surface area contributed by atoms with Gasteiger partial charge in [0.05, 0.1) is 5.69 Å². The van der Waals surface area contributed by atoms with Crippen LogP contribution >= 0.6 is 0 Å². The molecule has 4 saturated carbocycles. The van der Waals surface area contributed by atoms with Crippen molar-refractivity contribution in [3.63, 3.8) is 0 Å². The largest absolute Gasteiger partial charge is 0.350 e. The number of rotatable bonds is 3. The lowest BCUT2D eigenvalue weighted by Crippen LogP contribution is -2.51. The van der Waals surface area contributed by atoms with Crippen LogP contribution in [0.2, 0.25) is 0 Å². The summed E-state index contributed by atoms with van der Waals surface area (Å²) in [5.41, 5.74) is 2.85. The van der Waals surface area contributed by atoms with E-state index >= 15 is 0 Å². The first-order valence-corrected chi connectivity index (χ1v) is 9.33. The summed E-state index contributed by atoms with van der Waals surface area (Å²) in [5, 5.41) is 3.27. The molecule has 6 rings (SSSR count). The zero-order valence-corrected chi connectivity index (χ0v) is 14.3. The van der Waals surface area contributed by atoms with Crippen LogP contribution in [0.25, 0.3) is 5.65 Å². The molecule has 0 spiro atoms. The number of hydrogen-bond donors (Lipinski definition) is 1. The average molecular weight is 323 g/mol. The Morgan fingerprint density at radius 1 is 1.21 bits per heavy atom. The minimum absolute atomic E-state index is 0.0359. The van der Waals surface area contributed by atoms with E-state index in [0.717, 1.165) is 35.6 Å². The Labute approximate surface area is 142 Å². The second-order valence-electron chi connectivity index (χ2n) is 8.62. The summed E-state index contributed by atoms with van der Waals surface area (Å²) in [7, 11) is 0. The van der Waals surface area contributed by atoms with Crippen LogP contribution < -0.4 is 5.32 Å². The zero-order chi connectivity index (χ0) is 16.3. The SMILES string of the molecule is Cc1cn2c(C(=O)NCC34CC5CC(CC(C5)C3)C4)cccc2n1. The van der Waals surface area contributed by atoms with Gasteiger partial charge in [-0.2, -0.15) is 0 Å². The normalized spacial score (nSPS) is 34.0. The van der Waals surface area contributed by atoms with Crippen molar-refractivity contribution in [1.82, 2.24) is 14.7 Å². The molecule has 24 heavy (non-hydrogen) atoms. The first-order chi connectivity index (χ1) is 11.6. The number of nitrogens with one attached hydrogen (secondary N) is 1. The molecule has 126 valence electrons. The molecule has 4 aliphatic rings. The summed E-state index contributed by atoms with van der Waals surface area (Å²) >= 11 is 0. The van der Waals surface area contributed by atoms with Gasteiger partial charge in [0.2, 0.25) is 0 Å². The van der Waals surface area contributed by atoms with Gasteiger partial charge in [-0.25, -0.2) is 4.98 Å². The number of nitrogens with zero attached hydrogens (tertiary/aromatic N) is 2. The summed E-state index contributed by atoms with van der Waals surface area (Å²) in [6, 6.07) is 5.76. The molecule has 0 saturated heterocycles. The van der Waals surface area contributed by atoms with Crippen molar-refractivity contribution in [3.05, 3.63) is 35.8 Å². The van der Waals surface area contributed by atoms with Crippen molar-refractivity contribution in [1.29, 1.82) is 0 Å². The smallest absolute Gasteiger partial charge is 0.268 e. The van der Waals surface area contributed by atoms with Crippen molar-refractivity contribution in [3.8, 4) is 0 Å². The van der Waals surface area contributed by atoms with Crippen LogP contribution in [-0.2, 0) is 0 Å². The zero-order valence-electron chi connectivity index (χ0n) is 14.3. The Hall–Kier alpha value is -1.84. The molecule has 2 heterocycles. The Kier molecular flexibility index (Phi) is 3.07. The van der Waals surface area contributed by atoms with Crippen LogP contribution in [0.4, 0.5) is 0 Å². The van der Waals surface area contributed by atoms with Crippen molar-refractivity contribution >= 4 is 11.6 Å². The molecule has 4 fully saturated rings. The fraction of sp³-hybridized carbons (Fsp3) is 0.600. The van der Waals surface area contributed by atoms with Gasteiger partial charge in [0, 0.05) is 12.7 Å². The first kappa shape index (κ1) is 14.5. The molecule has 4 nitrogen and oxygen atoms in total. The average Bonchev–Trinajstić information content (AvgIpc) is 2.91. The van der Waals surface area contributed by atoms with Gasteiger partial charge in [-0.15, -0.1) is 0 Å². The lowest BCUT2D eigenvalue weighted by molar-refractivity contribution is -0.0503. The number of carbonyl (C=O) groups excluding carboxylic acids is 1. The van der Waals surface area contributed by atoms with Gasteiger partial charge in [-0.1, -0.05) is 6.07 Å². The number of fused-ring (bicyclic) bond motifs is 1. The molecule has 0 unspecified atom stereocenters. The summed E-state index contributed by atoms with van der Waals surface area (Å²) in [4.78, 5) is 17.3. The van der Waals surface area contributed by atoms with Gasteiger partial charge in [0.25, 0.3) is 5.91 Å². The van der Waals surface area contributed by atoms with Gasteiger partial charge in [-0.05, 0) is 80.8 Å². The fourth-order valence-corrected chi connectivity index (χ4v) is 6.18. The standard InChI is InChI=1S/C20H25N3O/c1-13-11-23-17(3-2-4-18(23)22-13)19(24)21-12-20-8-14-5-15(9-20)7-16(6-14)10-20/h2-4,11,14-16H,5-10,12H2,1H3,(H,21,24). The first-order valence-electron chi connectivity index (χ1n) is 9.33. The Morgan fingerprint density at radius 2 is 1.88 bits per heavy atom. The molecule has 2 aromatic rings. The van der Waals surface area contributed by atoms with Crippen LogP contribution in [0.15, 0.2) is 24.4 Å².